The first-order valence-electron chi connectivity index (χ1n) is 5.44. The molecule has 2 atom stereocenters. The predicted octanol–water partition coefficient (Wildman–Crippen LogP) is 0.163. The molecule has 2 rings (SSSR count). The molecule has 82 valence electrons. The van der Waals surface area contributed by atoms with Crippen molar-refractivity contribution in [2.75, 3.05) is 13.1 Å². The van der Waals surface area contributed by atoms with E-state index in [2.05, 4.69) is 28.8 Å². The predicted molar refractivity (Wildman–Crippen MR) is 60.3 cm³/mol. The summed E-state index contributed by atoms with van der Waals surface area (Å²) in [6.07, 6.45) is 4.71. The van der Waals surface area contributed by atoms with E-state index in [1.54, 1.807) is 0 Å². The second-order valence-electron chi connectivity index (χ2n) is 4.03. The van der Waals surface area contributed by atoms with Crippen LogP contribution in [0.15, 0.2) is 18.5 Å². The van der Waals surface area contributed by atoms with Gasteiger partial charge in [0.15, 0.2) is 0 Å². The highest BCUT2D eigenvalue weighted by Gasteiger charge is 2.25. The van der Waals surface area contributed by atoms with E-state index in [9.17, 15) is 0 Å². The van der Waals surface area contributed by atoms with Crippen molar-refractivity contribution in [3.63, 3.8) is 0 Å². The number of aromatic nitrogens is 1. The zero-order valence-electron chi connectivity index (χ0n) is 9.03. The third kappa shape index (κ3) is 2.17. The third-order valence-corrected chi connectivity index (χ3v) is 3.01. The molecule has 15 heavy (non-hydrogen) atoms. The summed E-state index contributed by atoms with van der Waals surface area (Å²) < 4.78 is 0. The van der Waals surface area contributed by atoms with Crippen molar-refractivity contribution in [2.24, 2.45) is 5.73 Å². The maximum absolute atomic E-state index is 5.60. The van der Waals surface area contributed by atoms with Crippen LogP contribution in [0.25, 0.3) is 0 Å². The lowest BCUT2D eigenvalue weighted by atomic mass is 9.90. The second kappa shape index (κ2) is 4.70. The normalized spacial score (nSPS) is 25.7. The first kappa shape index (κ1) is 10.5. The van der Waals surface area contributed by atoms with Gasteiger partial charge < -0.3 is 5.73 Å². The van der Waals surface area contributed by atoms with Crippen LogP contribution in [-0.2, 0) is 6.42 Å². The smallest absolute Gasteiger partial charge is 0.0303 e. The fraction of sp³-hybridized carbons (Fsp3) is 0.545. The number of hydrogen-bond donors (Lipinski definition) is 3. The van der Waals surface area contributed by atoms with Gasteiger partial charge in [0, 0.05) is 30.9 Å². The van der Waals surface area contributed by atoms with E-state index in [0.717, 1.165) is 13.0 Å². The molecule has 0 spiro atoms. The second-order valence-corrected chi connectivity index (χ2v) is 4.03. The Labute approximate surface area is 90.2 Å². The lowest BCUT2D eigenvalue weighted by Crippen LogP contribution is -2.28. The first-order valence-corrected chi connectivity index (χ1v) is 5.44. The Kier molecular flexibility index (Phi) is 3.30. The van der Waals surface area contributed by atoms with Gasteiger partial charge in [-0.1, -0.05) is 0 Å². The van der Waals surface area contributed by atoms with Gasteiger partial charge in [-0.15, -0.1) is 0 Å². The number of nitrogens with two attached hydrogens (primary N) is 1. The van der Waals surface area contributed by atoms with E-state index >= 15 is 0 Å². The van der Waals surface area contributed by atoms with E-state index in [-0.39, 0.29) is 0 Å². The lowest BCUT2D eigenvalue weighted by molar-refractivity contribution is 0.567. The molecule has 2 heterocycles. The van der Waals surface area contributed by atoms with Gasteiger partial charge in [0.25, 0.3) is 0 Å². The molecule has 0 bridgehead atoms. The molecule has 1 aliphatic rings. The van der Waals surface area contributed by atoms with Crippen LogP contribution in [0.4, 0.5) is 0 Å². The molecule has 1 aliphatic heterocycles. The highest BCUT2D eigenvalue weighted by Crippen LogP contribution is 2.24. The molecule has 0 aromatic carbocycles. The van der Waals surface area contributed by atoms with Gasteiger partial charge >= 0.3 is 0 Å². The van der Waals surface area contributed by atoms with Crippen molar-refractivity contribution in [2.45, 2.75) is 25.3 Å². The minimum absolute atomic E-state index is 0.462. The van der Waals surface area contributed by atoms with Gasteiger partial charge in [-0.3, -0.25) is 15.8 Å². The van der Waals surface area contributed by atoms with Crippen molar-refractivity contribution >= 4 is 0 Å². The number of nitrogens with zero attached hydrogens (tertiary/aromatic N) is 1. The topological polar surface area (TPSA) is 63.0 Å². The summed E-state index contributed by atoms with van der Waals surface area (Å²) in [6, 6.07) is 2.57. The lowest BCUT2D eigenvalue weighted by Gasteiger charge is -2.17. The Morgan fingerprint density at radius 2 is 2.47 bits per heavy atom. The SMILES string of the molecule is CC1NNCC1c1ccncc1CCN. The van der Waals surface area contributed by atoms with Gasteiger partial charge in [-0.25, -0.2) is 0 Å². The Bertz CT molecular complexity index is 326. The highest BCUT2D eigenvalue weighted by molar-refractivity contribution is 5.30. The van der Waals surface area contributed by atoms with Crippen LogP contribution < -0.4 is 16.6 Å². The largest absolute Gasteiger partial charge is 0.330 e. The van der Waals surface area contributed by atoms with E-state index < -0.39 is 0 Å². The minimum Gasteiger partial charge on any atom is -0.330 e. The van der Waals surface area contributed by atoms with Crippen LogP contribution in [0.5, 0.6) is 0 Å². The molecule has 4 heteroatoms. The molecule has 1 fully saturated rings. The first-order chi connectivity index (χ1) is 7.33. The Balaban J connectivity index is 2.25. The molecular weight excluding hydrogens is 188 g/mol. The summed E-state index contributed by atoms with van der Waals surface area (Å²) in [7, 11) is 0. The van der Waals surface area contributed by atoms with Crippen LogP contribution in [-0.4, -0.2) is 24.1 Å². The van der Waals surface area contributed by atoms with Crippen molar-refractivity contribution in [3.05, 3.63) is 29.6 Å². The van der Waals surface area contributed by atoms with Crippen molar-refractivity contribution in [1.29, 1.82) is 0 Å². The van der Waals surface area contributed by atoms with Gasteiger partial charge in [-0.2, -0.15) is 0 Å². The van der Waals surface area contributed by atoms with Gasteiger partial charge in [-0.05, 0) is 37.1 Å². The fourth-order valence-electron chi connectivity index (χ4n) is 2.15. The maximum Gasteiger partial charge on any atom is 0.0303 e. The molecular formula is C11H18N4. The van der Waals surface area contributed by atoms with Crippen LogP contribution in [0.2, 0.25) is 0 Å². The molecule has 1 aromatic heterocycles. The van der Waals surface area contributed by atoms with E-state index in [1.807, 2.05) is 12.4 Å². The Hall–Kier alpha value is -0.970. The average molecular weight is 206 g/mol. The minimum atomic E-state index is 0.462. The molecule has 0 amide bonds. The van der Waals surface area contributed by atoms with E-state index in [1.165, 1.54) is 11.1 Å². The monoisotopic (exact) mass is 206 g/mol. The number of pyridine rings is 1. The van der Waals surface area contributed by atoms with Crippen LogP contribution >= 0.6 is 0 Å². The summed E-state index contributed by atoms with van der Waals surface area (Å²) >= 11 is 0. The summed E-state index contributed by atoms with van der Waals surface area (Å²) in [5.41, 5.74) is 14.7. The fourth-order valence-corrected chi connectivity index (χ4v) is 2.15. The van der Waals surface area contributed by atoms with E-state index in [4.69, 9.17) is 5.73 Å². The van der Waals surface area contributed by atoms with Crippen LogP contribution in [0.1, 0.15) is 24.0 Å². The molecule has 1 aromatic rings. The Morgan fingerprint density at radius 1 is 1.60 bits per heavy atom. The molecule has 4 N–H and O–H groups in total. The van der Waals surface area contributed by atoms with Crippen LogP contribution in [0, 0.1) is 0 Å². The molecule has 0 radical (unpaired) electrons. The summed E-state index contributed by atoms with van der Waals surface area (Å²) in [4.78, 5) is 4.16. The third-order valence-electron chi connectivity index (χ3n) is 3.01. The molecule has 0 aliphatic carbocycles. The molecule has 0 saturated carbocycles. The zero-order chi connectivity index (χ0) is 10.7. The molecule has 2 unspecified atom stereocenters. The standard InChI is InChI=1S/C11H18N4/c1-8-11(7-14-15-8)10-3-5-13-6-9(10)2-4-12/h3,5-6,8,11,14-15H,2,4,7,12H2,1H3. The number of nitrogens with one attached hydrogen (secondary N) is 2. The Morgan fingerprint density at radius 3 is 3.13 bits per heavy atom. The van der Waals surface area contributed by atoms with Crippen molar-refractivity contribution in [1.82, 2.24) is 15.8 Å². The molecule has 4 nitrogen and oxygen atoms in total. The van der Waals surface area contributed by atoms with Crippen LogP contribution in [0.3, 0.4) is 0 Å². The van der Waals surface area contributed by atoms with Gasteiger partial charge in [0.1, 0.15) is 0 Å². The van der Waals surface area contributed by atoms with Crippen molar-refractivity contribution < 1.29 is 0 Å². The quantitative estimate of drug-likeness (QED) is 0.659. The van der Waals surface area contributed by atoms with Gasteiger partial charge in [0.2, 0.25) is 0 Å². The maximum atomic E-state index is 5.60. The zero-order valence-corrected chi connectivity index (χ0v) is 9.03. The number of hydrazine groups is 1. The average Bonchev–Trinajstić information content (AvgIpc) is 2.66. The summed E-state index contributed by atoms with van der Waals surface area (Å²) in [5, 5.41) is 0. The van der Waals surface area contributed by atoms with E-state index in [0.29, 0.717) is 18.5 Å². The molecule has 1 saturated heterocycles. The summed E-state index contributed by atoms with van der Waals surface area (Å²) in [6.45, 7) is 3.85. The number of rotatable bonds is 3. The highest BCUT2D eigenvalue weighted by atomic mass is 15.4. The number of hydrogen-bond acceptors (Lipinski definition) is 4. The van der Waals surface area contributed by atoms with Gasteiger partial charge in [0.05, 0.1) is 0 Å². The summed E-state index contributed by atoms with van der Waals surface area (Å²) in [5.74, 6) is 0.523. The van der Waals surface area contributed by atoms with Crippen molar-refractivity contribution in [3.8, 4) is 0 Å².